The van der Waals surface area contributed by atoms with Crippen LogP contribution in [0, 0.1) is 0 Å². The average Bonchev–Trinajstić information content (AvgIpc) is 2.36. The fourth-order valence-electron chi connectivity index (χ4n) is 1.35. The summed E-state index contributed by atoms with van der Waals surface area (Å²) in [5.41, 5.74) is 1.19. The lowest BCUT2D eigenvalue weighted by molar-refractivity contribution is -0.152. The number of carbonyl (C=O) groups is 2. The van der Waals surface area contributed by atoms with E-state index in [0.29, 0.717) is 6.42 Å². The van der Waals surface area contributed by atoms with Crippen LogP contribution in [0.25, 0.3) is 0 Å². The SMILES string of the molecule is CC(OC=O)OC(=O)OCCCc1ccccc1. The van der Waals surface area contributed by atoms with E-state index in [2.05, 4.69) is 9.47 Å². The number of aryl methyl sites for hydroxylation is 1. The Morgan fingerprint density at radius 2 is 2.06 bits per heavy atom. The predicted molar refractivity (Wildman–Crippen MR) is 63.8 cm³/mol. The molecule has 5 nitrogen and oxygen atoms in total. The third kappa shape index (κ3) is 5.89. The monoisotopic (exact) mass is 252 g/mol. The average molecular weight is 252 g/mol. The molecule has 0 aliphatic rings. The van der Waals surface area contributed by atoms with Gasteiger partial charge in [0.2, 0.25) is 6.29 Å². The molecule has 0 aromatic heterocycles. The Kier molecular flexibility index (Phi) is 6.32. The quantitative estimate of drug-likeness (QED) is 0.322. The molecule has 0 saturated heterocycles. The molecule has 0 saturated carbocycles. The Labute approximate surface area is 106 Å². The Hall–Kier alpha value is -2.04. The van der Waals surface area contributed by atoms with Gasteiger partial charge >= 0.3 is 6.16 Å². The maximum Gasteiger partial charge on any atom is 0.511 e. The Bertz CT molecular complexity index is 363. The van der Waals surface area contributed by atoms with Crippen molar-refractivity contribution in [3.05, 3.63) is 35.9 Å². The van der Waals surface area contributed by atoms with Crippen LogP contribution in [0.15, 0.2) is 30.3 Å². The summed E-state index contributed by atoms with van der Waals surface area (Å²) in [6.45, 7) is 1.91. The van der Waals surface area contributed by atoms with Gasteiger partial charge in [0.15, 0.2) is 0 Å². The molecule has 1 atom stereocenters. The van der Waals surface area contributed by atoms with Crippen molar-refractivity contribution < 1.29 is 23.8 Å². The Morgan fingerprint density at radius 3 is 2.72 bits per heavy atom. The Balaban J connectivity index is 2.10. The van der Waals surface area contributed by atoms with E-state index in [9.17, 15) is 9.59 Å². The van der Waals surface area contributed by atoms with Crippen molar-refractivity contribution in [1.82, 2.24) is 0 Å². The van der Waals surface area contributed by atoms with Gasteiger partial charge in [-0.25, -0.2) is 4.79 Å². The lowest BCUT2D eigenvalue weighted by Gasteiger charge is -2.10. The molecule has 18 heavy (non-hydrogen) atoms. The first-order chi connectivity index (χ1) is 8.72. The molecule has 1 rings (SSSR count). The second kappa shape index (κ2) is 8.11. The highest BCUT2D eigenvalue weighted by Crippen LogP contribution is 2.03. The van der Waals surface area contributed by atoms with Gasteiger partial charge < -0.3 is 14.2 Å². The second-order valence-electron chi connectivity index (χ2n) is 3.61. The summed E-state index contributed by atoms with van der Waals surface area (Å²) in [5, 5.41) is 0. The van der Waals surface area contributed by atoms with Crippen LogP contribution in [-0.2, 0) is 25.4 Å². The van der Waals surface area contributed by atoms with Crippen LogP contribution in [0.2, 0.25) is 0 Å². The van der Waals surface area contributed by atoms with Gasteiger partial charge in [0.25, 0.3) is 6.47 Å². The van der Waals surface area contributed by atoms with Crippen molar-refractivity contribution in [2.24, 2.45) is 0 Å². The van der Waals surface area contributed by atoms with Gasteiger partial charge in [0.05, 0.1) is 6.61 Å². The van der Waals surface area contributed by atoms with E-state index in [-0.39, 0.29) is 13.1 Å². The van der Waals surface area contributed by atoms with E-state index in [0.717, 1.165) is 6.42 Å². The minimum Gasteiger partial charge on any atom is -0.434 e. The zero-order chi connectivity index (χ0) is 13.2. The van der Waals surface area contributed by atoms with E-state index in [1.165, 1.54) is 12.5 Å². The molecule has 0 aliphatic carbocycles. The largest absolute Gasteiger partial charge is 0.511 e. The topological polar surface area (TPSA) is 61.8 Å². The standard InChI is InChI=1S/C13H16O5/c1-11(17-10-14)18-13(15)16-9-5-8-12-6-3-2-4-7-12/h2-4,6-7,10-11H,5,8-9H2,1H3. The van der Waals surface area contributed by atoms with Crippen LogP contribution in [0.1, 0.15) is 18.9 Å². The Morgan fingerprint density at radius 1 is 1.33 bits per heavy atom. The van der Waals surface area contributed by atoms with Gasteiger partial charge in [0, 0.05) is 6.92 Å². The van der Waals surface area contributed by atoms with Crippen LogP contribution in [0.4, 0.5) is 4.79 Å². The normalized spacial score (nSPS) is 11.4. The number of benzene rings is 1. The fraction of sp³-hybridized carbons (Fsp3) is 0.385. The van der Waals surface area contributed by atoms with Crippen molar-refractivity contribution in [2.75, 3.05) is 6.61 Å². The van der Waals surface area contributed by atoms with Gasteiger partial charge in [-0.3, -0.25) is 4.79 Å². The summed E-state index contributed by atoms with van der Waals surface area (Å²) in [5.74, 6) is 0. The molecule has 5 heteroatoms. The van der Waals surface area contributed by atoms with Crippen molar-refractivity contribution in [1.29, 1.82) is 0 Å². The van der Waals surface area contributed by atoms with Crippen LogP contribution >= 0.6 is 0 Å². The summed E-state index contributed by atoms with van der Waals surface area (Å²) >= 11 is 0. The number of hydrogen-bond acceptors (Lipinski definition) is 5. The maximum absolute atomic E-state index is 11.1. The first kappa shape index (κ1) is 14.0. The molecular weight excluding hydrogens is 236 g/mol. The molecule has 0 N–H and O–H groups in total. The highest BCUT2D eigenvalue weighted by atomic mass is 16.8. The lowest BCUT2D eigenvalue weighted by atomic mass is 10.1. The third-order valence-electron chi connectivity index (χ3n) is 2.18. The second-order valence-corrected chi connectivity index (χ2v) is 3.61. The van der Waals surface area contributed by atoms with E-state index < -0.39 is 12.4 Å². The zero-order valence-electron chi connectivity index (χ0n) is 10.2. The molecule has 1 aromatic carbocycles. The number of hydrogen-bond donors (Lipinski definition) is 0. The van der Waals surface area contributed by atoms with E-state index >= 15 is 0 Å². The highest BCUT2D eigenvalue weighted by molar-refractivity contribution is 5.60. The molecule has 0 fully saturated rings. The molecule has 0 spiro atoms. The van der Waals surface area contributed by atoms with Gasteiger partial charge in [-0.2, -0.15) is 0 Å². The van der Waals surface area contributed by atoms with E-state index in [1.54, 1.807) is 0 Å². The highest BCUT2D eigenvalue weighted by Gasteiger charge is 2.10. The lowest BCUT2D eigenvalue weighted by Crippen LogP contribution is -2.18. The van der Waals surface area contributed by atoms with Gasteiger partial charge in [-0.05, 0) is 18.4 Å². The zero-order valence-corrected chi connectivity index (χ0v) is 10.2. The summed E-state index contributed by atoms with van der Waals surface area (Å²) in [6.07, 6.45) is -0.224. The molecule has 1 aromatic rings. The number of ether oxygens (including phenoxy) is 3. The van der Waals surface area contributed by atoms with Gasteiger partial charge in [0.1, 0.15) is 0 Å². The van der Waals surface area contributed by atoms with Crippen LogP contribution < -0.4 is 0 Å². The first-order valence-corrected chi connectivity index (χ1v) is 5.69. The predicted octanol–water partition coefficient (Wildman–Crippen LogP) is 2.29. The molecule has 0 bridgehead atoms. The molecule has 1 unspecified atom stereocenters. The molecule has 98 valence electrons. The van der Waals surface area contributed by atoms with E-state index in [4.69, 9.17) is 4.74 Å². The molecule has 0 aliphatic heterocycles. The van der Waals surface area contributed by atoms with Crippen LogP contribution in [-0.4, -0.2) is 25.5 Å². The number of rotatable bonds is 7. The van der Waals surface area contributed by atoms with Crippen molar-refractivity contribution in [3.8, 4) is 0 Å². The smallest absolute Gasteiger partial charge is 0.434 e. The van der Waals surface area contributed by atoms with Gasteiger partial charge in [-0.15, -0.1) is 0 Å². The van der Waals surface area contributed by atoms with Crippen molar-refractivity contribution in [3.63, 3.8) is 0 Å². The van der Waals surface area contributed by atoms with Crippen molar-refractivity contribution in [2.45, 2.75) is 26.1 Å². The summed E-state index contributed by atoms with van der Waals surface area (Å²) in [7, 11) is 0. The maximum atomic E-state index is 11.1. The molecule has 0 heterocycles. The summed E-state index contributed by atoms with van der Waals surface area (Å²) in [6, 6.07) is 9.90. The van der Waals surface area contributed by atoms with Gasteiger partial charge in [-0.1, -0.05) is 30.3 Å². The first-order valence-electron chi connectivity index (χ1n) is 5.69. The third-order valence-corrected chi connectivity index (χ3v) is 2.18. The van der Waals surface area contributed by atoms with Crippen LogP contribution in [0.5, 0.6) is 0 Å². The van der Waals surface area contributed by atoms with Crippen LogP contribution in [0.3, 0.4) is 0 Å². The summed E-state index contributed by atoms with van der Waals surface area (Å²) < 4.78 is 13.8. The molecule has 0 radical (unpaired) electrons. The summed E-state index contributed by atoms with van der Waals surface area (Å²) in [4.78, 5) is 21.1. The number of carbonyl (C=O) groups excluding carboxylic acids is 2. The van der Waals surface area contributed by atoms with E-state index in [1.807, 2.05) is 30.3 Å². The van der Waals surface area contributed by atoms with Crippen molar-refractivity contribution >= 4 is 12.6 Å². The minimum absolute atomic E-state index is 0.216. The molecular formula is C13H16O5. The fourth-order valence-corrected chi connectivity index (χ4v) is 1.35. The molecule has 0 amide bonds. The minimum atomic E-state index is -0.927.